The molecule has 2 rings (SSSR count). The molecule has 0 radical (unpaired) electrons. The van der Waals surface area contributed by atoms with Gasteiger partial charge in [0.25, 0.3) is 10.5 Å². The maximum atomic E-state index is 11.5. The first-order chi connectivity index (χ1) is 8.43. The highest BCUT2D eigenvalue weighted by atomic mass is 79.9. The Morgan fingerprint density at radius 3 is 2.28 bits per heavy atom. The first-order valence-corrected chi connectivity index (χ1v) is 6.53. The van der Waals surface area contributed by atoms with Crippen LogP contribution in [0.1, 0.15) is 20.7 Å². The fourth-order valence-electron chi connectivity index (χ4n) is 1.62. The van der Waals surface area contributed by atoms with E-state index in [0.717, 1.165) is 0 Å². The Hall–Kier alpha value is -0.680. The lowest BCUT2D eigenvalue weighted by molar-refractivity contribution is 0.105. The number of aromatic nitrogens is 1. The summed E-state index contributed by atoms with van der Waals surface area (Å²) in [5, 5.41) is -1.44. The molecule has 0 aliphatic rings. The van der Waals surface area contributed by atoms with Gasteiger partial charge in [0.2, 0.25) is 0 Å². The van der Waals surface area contributed by atoms with Gasteiger partial charge in [0, 0.05) is 9.86 Å². The number of carbonyl (C=O) groups excluding carboxylic acids is 2. The minimum absolute atomic E-state index is 0.0425. The number of rotatable bonds is 2. The third-order valence-electron chi connectivity index (χ3n) is 2.31. The van der Waals surface area contributed by atoms with Gasteiger partial charge in [-0.1, -0.05) is 33.6 Å². The van der Waals surface area contributed by atoms with Crippen molar-refractivity contribution in [1.29, 1.82) is 0 Å². The summed E-state index contributed by atoms with van der Waals surface area (Å²) in [4.78, 5) is 26.9. The standard InChI is InChI=1S/C11H3BrCl3NO2/c12-4-2-1-3-5-6(4)7(10(14)17)8(11(15)18)9(13)16-5/h1-3H. The largest absolute Gasteiger partial charge is 0.276 e. The fraction of sp³-hybridized carbons (Fsp3) is 0. The van der Waals surface area contributed by atoms with Crippen molar-refractivity contribution in [3.05, 3.63) is 39.0 Å². The molecule has 0 aliphatic carbocycles. The molecule has 0 unspecified atom stereocenters. The molecule has 0 atom stereocenters. The maximum absolute atomic E-state index is 11.5. The third-order valence-corrected chi connectivity index (χ3v) is 3.62. The van der Waals surface area contributed by atoms with Gasteiger partial charge in [-0.15, -0.1) is 0 Å². The summed E-state index contributed by atoms with van der Waals surface area (Å²) < 4.78 is 0.576. The van der Waals surface area contributed by atoms with Gasteiger partial charge in [-0.3, -0.25) is 9.59 Å². The van der Waals surface area contributed by atoms with Gasteiger partial charge in [0.1, 0.15) is 5.15 Å². The summed E-state index contributed by atoms with van der Waals surface area (Å²) >= 11 is 20.1. The molecule has 92 valence electrons. The van der Waals surface area contributed by atoms with Crippen molar-refractivity contribution in [3.63, 3.8) is 0 Å². The van der Waals surface area contributed by atoms with Crippen molar-refractivity contribution >= 4 is 72.1 Å². The molecule has 0 N–H and O–H groups in total. The van der Waals surface area contributed by atoms with Crippen molar-refractivity contribution in [1.82, 2.24) is 4.98 Å². The lowest BCUT2D eigenvalue weighted by Crippen LogP contribution is -2.05. The van der Waals surface area contributed by atoms with Crippen molar-refractivity contribution in [3.8, 4) is 0 Å². The van der Waals surface area contributed by atoms with E-state index in [4.69, 9.17) is 34.8 Å². The molecular formula is C11H3BrCl3NO2. The van der Waals surface area contributed by atoms with Gasteiger partial charge < -0.3 is 0 Å². The smallest absolute Gasteiger partial charge is 0.256 e. The van der Waals surface area contributed by atoms with Gasteiger partial charge in [0.15, 0.2) is 0 Å². The molecule has 0 amide bonds. The molecule has 0 saturated heterocycles. The fourth-order valence-corrected chi connectivity index (χ4v) is 2.87. The Labute approximate surface area is 125 Å². The SMILES string of the molecule is O=C(Cl)c1c(Cl)nc2cccc(Br)c2c1C(=O)Cl. The van der Waals surface area contributed by atoms with E-state index in [1.807, 2.05) is 0 Å². The van der Waals surface area contributed by atoms with Gasteiger partial charge in [-0.25, -0.2) is 4.98 Å². The van der Waals surface area contributed by atoms with Crippen LogP contribution in [0.5, 0.6) is 0 Å². The molecule has 1 aromatic heterocycles. The number of benzene rings is 1. The van der Waals surface area contributed by atoms with E-state index < -0.39 is 10.5 Å². The summed E-state index contributed by atoms with van der Waals surface area (Å²) in [6.07, 6.45) is 0. The number of nitrogens with zero attached hydrogens (tertiary/aromatic N) is 1. The number of hydrogen-bond donors (Lipinski definition) is 0. The van der Waals surface area contributed by atoms with Crippen LogP contribution in [-0.4, -0.2) is 15.5 Å². The molecule has 0 saturated carbocycles. The molecule has 0 aliphatic heterocycles. The van der Waals surface area contributed by atoms with E-state index >= 15 is 0 Å². The molecule has 18 heavy (non-hydrogen) atoms. The molecule has 1 heterocycles. The maximum Gasteiger partial charge on any atom is 0.256 e. The van der Waals surface area contributed by atoms with Gasteiger partial charge in [-0.05, 0) is 35.3 Å². The van der Waals surface area contributed by atoms with Crippen LogP contribution in [0.4, 0.5) is 0 Å². The minimum Gasteiger partial charge on any atom is -0.276 e. The van der Waals surface area contributed by atoms with Gasteiger partial charge in [-0.2, -0.15) is 0 Å². The monoisotopic (exact) mass is 365 g/mol. The molecule has 2 aromatic rings. The van der Waals surface area contributed by atoms with Crippen LogP contribution >= 0.6 is 50.7 Å². The van der Waals surface area contributed by atoms with Crippen LogP contribution in [0.25, 0.3) is 10.9 Å². The molecule has 1 aromatic carbocycles. The van der Waals surface area contributed by atoms with Crippen molar-refractivity contribution in [2.75, 3.05) is 0 Å². The molecular weight excluding hydrogens is 364 g/mol. The minimum atomic E-state index is -0.880. The average Bonchev–Trinajstić information content (AvgIpc) is 2.26. The number of hydrogen-bond acceptors (Lipinski definition) is 3. The average molecular weight is 367 g/mol. The van der Waals surface area contributed by atoms with E-state index in [0.29, 0.717) is 15.4 Å². The zero-order chi connectivity index (χ0) is 13.4. The number of halogens is 4. The Bertz CT molecular complexity index is 688. The molecule has 0 fully saturated rings. The molecule has 3 nitrogen and oxygen atoms in total. The Morgan fingerprint density at radius 2 is 1.72 bits per heavy atom. The quantitative estimate of drug-likeness (QED) is 0.583. The summed E-state index contributed by atoms with van der Waals surface area (Å²) in [6, 6.07) is 5.07. The summed E-state index contributed by atoms with van der Waals surface area (Å²) in [7, 11) is 0. The van der Waals surface area contributed by atoms with Crippen LogP contribution in [0.2, 0.25) is 5.15 Å². The third kappa shape index (κ3) is 2.26. The highest BCUT2D eigenvalue weighted by molar-refractivity contribution is 9.10. The topological polar surface area (TPSA) is 47.0 Å². The van der Waals surface area contributed by atoms with E-state index in [1.54, 1.807) is 18.2 Å². The van der Waals surface area contributed by atoms with E-state index in [2.05, 4.69) is 20.9 Å². The predicted molar refractivity (Wildman–Crippen MR) is 74.8 cm³/mol. The second-order valence-electron chi connectivity index (χ2n) is 3.33. The number of fused-ring (bicyclic) bond motifs is 1. The molecule has 7 heteroatoms. The normalized spacial score (nSPS) is 10.7. The highest BCUT2D eigenvalue weighted by Gasteiger charge is 2.24. The van der Waals surface area contributed by atoms with Crippen LogP contribution in [-0.2, 0) is 0 Å². The Morgan fingerprint density at radius 1 is 1.11 bits per heavy atom. The van der Waals surface area contributed by atoms with Crippen molar-refractivity contribution in [2.45, 2.75) is 0 Å². The van der Waals surface area contributed by atoms with E-state index in [9.17, 15) is 9.59 Å². The first-order valence-electron chi connectivity index (χ1n) is 4.61. The van der Waals surface area contributed by atoms with Crippen LogP contribution < -0.4 is 0 Å². The second-order valence-corrected chi connectivity index (χ2v) is 5.23. The van der Waals surface area contributed by atoms with Crippen LogP contribution in [0, 0.1) is 0 Å². The van der Waals surface area contributed by atoms with E-state index in [-0.39, 0.29) is 16.3 Å². The number of carbonyl (C=O) groups is 2. The van der Waals surface area contributed by atoms with Gasteiger partial charge >= 0.3 is 0 Å². The Balaban J connectivity index is 3.06. The van der Waals surface area contributed by atoms with Crippen molar-refractivity contribution < 1.29 is 9.59 Å². The molecule has 0 spiro atoms. The second kappa shape index (κ2) is 5.13. The Kier molecular flexibility index (Phi) is 3.92. The predicted octanol–water partition coefficient (Wildman–Crippen LogP) is 4.41. The summed E-state index contributed by atoms with van der Waals surface area (Å²) in [5.74, 6) is 0. The summed E-state index contributed by atoms with van der Waals surface area (Å²) in [5.41, 5.74) is 0.219. The lowest BCUT2D eigenvalue weighted by atomic mass is 10.1. The zero-order valence-electron chi connectivity index (χ0n) is 8.51. The van der Waals surface area contributed by atoms with E-state index in [1.165, 1.54) is 0 Å². The zero-order valence-corrected chi connectivity index (χ0v) is 12.4. The first kappa shape index (κ1) is 13.7. The summed E-state index contributed by atoms with van der Waals surface area (Å²) in [6.45, 7) is 0. The van der Waals surface area contributed by atoms with Crippen LogP contribution in [0.3, 0.4) is 0 Å². The highest BCUT2D eigenvalue weighted by Crippen LogP contribution is 2.33. The molecule has 0 bridgehead atoms. The number of pyridine rings is 1. The lowest BCUT2D eigenvalue weighted by Gasteiger charge is -2.09. The van der Waals surface area contributed by atoms with Gasteiger partial charge in [0.05, 0.1) is 16.6 Å². The van der Waals surface area contributed by atoms with Crippen molar-refractivity contribution in [2.24, 2.45) is 0 Å². The van der Waals surface area contributed by atoms with Crippen LogP contribution in [0.15, 0.2) is 22.7 Å².